The number of carbonyl (C=O) groups is 2. The molecule has 3 aromatic rings. The Morgan fingerprint density at radius 1 is 1.05 bits per heavy atom. The Balaban J connectivity index is 1.47. The number of methoxy groups -OCH3 is 2. The summed E-state index contributed by atoms with van der Waals surface area (Å²) in [5.74, 6) is 0.865. The van der Waals surface area contributed by atoms with E-state index in [2.05, 4.69) is 10.6 Å². The van der Waals surface area contributed by atoms with Gasteiger partial charge in [0, 0.05) is 45.6 Å². The molecule has 1 aliphatic heterocycles. The zero-order valence-electron chi connectivity index (χ0n) is 25.7. The number of hydrogen-bond acceptors (Lipinski definition) is 6. The molecule has 1 heterocycles. The van der Waals surface area contributed by atoms with Crippen LogP contribution < -0.4 is 20.1 Å². The minimum Gasteiger partial charge on any atom is -0.497 e. The first-order valence-electron chi connectivity index (χ1n) is 14.9. The van der Waals surface area contributed by atoms with Crippen LogP contribution in [0.3, 0.4) is 0 Å². The summed E-state index contributed by atoms with van der Waals surface area (Å²) in [5, 5.41) is 18.7. The standard InChI is InChI=1S/C35H42Cl2N2O5/c1-22(40)35(2,15-14-23-8-11-27(36)12-9-23)33-30(25-6-5-7-28(37)18-25)16-24(20-38-33)17-31(41)34(42)39-21-26-10-13-29(43-3)19-32(26)44-4/h5-13,18-19,24,30-31,33,38,41H,14-17,20-21H2,1-4H3,(H,39,42)/t24-,30-,31?,33+,35?/m1/s1. The van der Waals surface area contributed by atoms with Crippen LogP contribution in [-0.4, -0.2) is 49.7 Å². The third-order valence-corrected chi connectivity index (χ3v) is 9.52. The van der Waals surface area contributed by atoms with Crippen LogP contribution in [0.2, 0.25) is 10.0 Å². The molecule has 2 unspecified atom stereocenters. The van der Waals surface area contributed by atoms with Crippen LogP contribution in [0, 0.1) is 11.3 Å². The van der Waals surface area contributed by atoms with Gasteiger partial charge in [-0.15, -0.1) is 0 Å². The molecule has 5 atom stereocenters. The highest BCUT2D eigenvalue weighted by Gasteiger charge is 2.46. The van der Waals surface area contributed by atoms with Gasteiger partial charge >= 0.3 is 0 Å². The molecule has 1 aliphatic rings. The lowest BCUT2D eigenvalue weighted by atomic mass is 9.64. The Morgan fingerprint density at radius 3 is 2.45 bits per heavy atom. The second-order valence-corrected chi connectivity index (χ2v) is 12.8. The molecular weight excluding hydrogens is 599 g/mol. The number of aliphatic hydroxyl groups is 1. The Kier molecular flexibility index (Phi) is 11.7. The first-order valence-corrected chi connectivity index (χ1v) is 15.7. The summed E-state index contributed by atoms with van der Waals surface area (Å²) in [4.78, 5) is 26.3. The third-order valence-electron chi connectivity index (χ3n) is 9.04. The van der Waals surface area contributed by atoms with E-state index in [1.54, 1.807) is 33.3 Å². The van der Waals surface area contributed by atoms with Gasteiger partial charge in [-0.2, -0.15) is 0 Å². The van der Waals surface area contributed by atoms with Gasteiger partial charge in [0.15, 0.2) is 0 Å². The van der Waals surface area contributed by atoms with Gasteiger partial charge in [-0.1, -0.05) is 54.4 Å². The van der Waals surface area contributed by atoms with E-state index < -0.39 is 17.4 Å². The fourth-order valence-corrected chi connectivity index (χ4v) is 6.58. The summed E-state index contributed by atoms with van der Waals surface area (Å²) >= 11 is 12.5. The topological polar surface area (TPSA) is 96.9 Å². The predicted octanol–water partition coefficient (Wildman–Crippen LogP) is 6.37. The highest BCUT2D eigenvalue weighted by atomic mass is 35.5. The molecule has 3 N–H and O–H groups in total. The van der Waals surface area contributed by atoms with Gasteiger partial charge in [-0.25, -0.2) is 0 Å². The minimum atomic E-state index is -1.19. The molecule has 4 rings (SSSR count). The SMILES string of the molecule is COc1ccc(CNC(=O)C(O)C[C@@H]2CN[C@H](C(C)(CCc3ccc(Cl)cc3)C(C)=O)[C@@H](c3cccc(Cl)c3)C2)c(OC)c1. The summed E-state index contributed by atoms with van der Waals surface area (Å²) in [6.07, 6.45) is 1.17. The van der Waals surface area contributed by atoms with Crippen LogP contribution >= 0.6 is 23.2 Å². The Labute approximate surface area is 270 Å². The molecule has 1 amide bonds. The van der Waals surface area contributed by atoms with Crippen molar-refractivity contribution in [1.82, 2.24) is 10.6 Å². The van der Waals surface area contributed by atoms with Gasteiger partial charge in [0.25, 0.3) is 0 Å². The van der Waals surface area contributed by atoms with E-state index in [0.29, 0.717) is 40.9 Å². The number of hydrogen-bond donors (Lipinski definition) is 3. The van der Waals surface area contributed by atoms with E-state index in [1.165, 1.54) is 0 Å². The van der Waals surface area contributed by atoms with Crippen molar-refractivity contribution in [1.29, 1.82) is 0 Å². The lowest BCUT2D eigenvalue weighted by Crippen LogP contribution is -2.56. The molecule has 0 saturated carbocycles. The van der Waals surface area contributed by atoms with Crippen molar-refractivity contribution in [2.75, 3.05) is 20.8 Å². The fraction of sp³-hybridized carbons (Fsp3) is 0.429. The number of halogens is 2. The number of Topliss-reactive ketones (excluding diaryl/α,β-unsaturated/α-hetero) is 1. The third kappa shape index (κ3) is 8.33. The second-order valence-electron chi connectivity index (χ2n) is 11.9. The predicted molar refractivity (Wildman–Crippen MR) is 175 cm³/mol. The van der Waals surface area contributed by atoms with Gasteiger partial charge in [0.1, 0.15) is 23.4 Å². The van der Waals surface area contributed by atoms with Crippen molar-refractivity contribution < 1.29 is 24.2 Å². The number of carbonyl (C=O) groups excluding carboxylic acids is 2. The van der Waals surface area contributed by atoms with Gasteiger partial charge in [0.05, 0.1) is 14.2 Å². The number of benzene rings is 3. The highest BCUT2D eigenvalue weighted by molar-refractivity contribution is 6.30. The Bertz CT molecular complexity index is 1430. The van der Waals surface area contributed by atoms with Crippen LogP contribution in [0.15, 0.2) is 66.7 Å². The monoisotopic (exact) mass is 640 g/mol. The van der Waals surface area contributed by atoms with Crippen molar-refractivity contribution in [2.45, 2.75) is 64.1 Å². The zero-order chi connectivity index (χ0) is 31.9. The summed E-state index contributed by atoms with van der Waals surface area (Å²) in [5.41, 5.74) is 2.27. The van der Waals surface area contributed by atoms with Crippen molar-refractivity contribution in [3.05, 3.63) is 93.5 Å². The number of amides is 1. The first kappa shape index (κ1) is 33.8. The molecule has 0 bridgehead atoms. The molecule has 3 aromatic carbocycles. The Morgan fingerprint density at radius 2 is 1.80 bits per heavy atom. The maximum absolute atomic E-state index is 13.3. The number of aryl methyl sites for hydroxylation is 1. The molecule has 0 spiro atoms. The quantitative estimate of drug-likeness (QED) is 0.201. The van der Waals surface area contributed by atoms with Gasteiger partial charge in [0.2, 0.25) is 5.91 Å². The van der Waals surface area contributed by atoms with Crippen molar-refractivity contribution in [3.8, 4) is 11.5 Å². The molecule has 44 heavy (non-hydrogen) atoms. The maximum Gasteiger partial charge on any atom is 0.249 e. The fourth-order valence-electron chi connectivity index (χ4n) is 6.26. The lowest BCUT2D eigenvalue weighted by Gasteiger charge is -2.46. The van der Waals surface area contributed by atoms with Crippen LogP contribution in [-0.2, 0) is 22.6 Å². The van der Waals surface area contributed by atoms with Gasteiger partial charge in [-0.3, -0.25) is 9.59 Å². The van der Waals surface area contributed by atoms with Crippen molar-refractivity contribution in [2.24, 2.45) is 11.3 Å². The number of nitrogens with one attached hydrogen (secondary N) is 2. The summed E-state index contributed by atoms with van der Waals surface area (Å²) in [7, 11) is 3.14. The molecule has 9 heteroatoms. The molecule has 0 aliphatic carbocycles. The van der Waals surface area contributed by atoms with E-state index in [4.69, 9.17) is 32.7 Å². The highest BCUT2D eigenvalue weighted by Crippen LogP contribution is 2.43. The molecular formula is C35H42Cl2N2O5. The Hall–Kier alpha value is -3.10. The average molecular weight is 642 g/mol. The van der Waals surface area contributed by atoms with Gasteiger partial charge in [-0.05, 0) is 92.6 Å². The minimum absolute atomic E-state index is 0.000947. The average Bonchev–Trinajstić information content (AvgIpc) is 3.02. The number of piperidine rings is 1. The second kappa shape index (κ2) is 15.3. The molecule has 0 aromatic heterocycles. The number of ether oxygens (including phenoxy) is 2. The van der Waals surface area contributed by atoms with Crippen LogP contribution in [0.1, 0.15) is 55.7 Å². The van der Waals surface area contributed by atoms with Crippen molar-refractivity contribution in [3.63, 3.8) is 0 Å². The van der Waals surface area contributed by atoms with Crippen molar-refractivity contribution >= 4 is 34.9 Å². The summed E-state index contributed by atoms with van der Waals surface area (Å²) in [6.45, 7) is 4.49. The maximum atomic E-state index is 13.3. The van der Waals surface area contributed by atoms with Crippen LogP contribution in [0.25, 0.3) is 0 Å². The van der Waals surface area contributed by atoms with E-state index in [-0.39, 0.29) is 36.6 Å². The van der Waals surface area contributed by atoms with E-state index >= 15 is 0 Å². The summed E-state index contributed by atoms with van der Waals surface area (Å²) in [6, 6.07) is 20.7. The molecule has 7 nitrogen and oxygen atoms in total. The smallest absolute Gasteiger partial charge is 0.249 e. The van der Waals surface area contributed by atoms with Crippen LogP contribution in [0.4, 0.5) is 0 Å². The number of ketones is 1. The number of aliphatic hydroxyl groups excluding tert-OH is 1. The van der Waals surface area contributed by atoms with E-state index in [1.807, 2.05) is 61.5 Å². The van der Waals surface area contributed by atoms with E-state index in [0.717, 1.165) is 23.1 Å². The molecule has 0 radical (unpaired) electrons. The molecule has 1 fully saturated rings. The molecule has 236 valence electrons. The normalized spacial score (nSPS) is 20.3. The summed E-state index contributed by atoms with van der Waals surface area (Å²) < 4.78 is 10.7. The number of rotatable bonds is 13. The zero-order valence-corrected chi connectivity index (χ0v) is 27.3. The van der Waals surface area contributed by atoms with Gasteiger partial charge < -0.3 is 25.2 Å². The first-order chi connectivity index (χ1) is 21.0. The largest absolute Gasteiger partial charge is 0.497 e. The lowest BCUT2D eigenvalue weighted by molar-refractivity contribution is -0.130. The van der Waals surface area contributed by atoms with E-state index in [9.17, 15) is 14.7 Å². The molecule has 1 saturated heterocycles. The van der Waals surface area contributed by atoms with Crippen LogP contribution in [0.5, 0.6) is 11.5 Å².